The Hall–Kier alpha value is -1.00. The predicted octanol–water partition coefficient (Wildman–Crippen LogP) is -0.753. The zero-order chi connectivity index (χ0) is 8.60. The maximum absolute atomic E-state index is 6.05. The van der Waals surface area contributed by atoms with Gasteiger partial charge in [0.25, 0.3) is 0 Å². The molecule has 0 aliphatic carbocycles. The summed E-state index contributed by atoms with van der Waals surface area (Å²) in [6.07, 6.45) is 5.46. The monoisotopic (exact) mass is 167 g/mol. The Labute approximate surface area is 71.2 Å². The summed E-state index contributed by atoms with van der Waals surface area (Å²) in [5.74, 6) is 0.359. The fourth-order valence-corrected chi connectivity index (χ4v) is 1.30. The van der Waals surface area contributed by atoms with Crippen LogP contribution in [0.5, 0.6) is 0 Å². The van der Waals surface area contributed by atoms with Gasteiger partial charge in [-0.25, -0.2) is 0 Å². The fraction of sp³-hybridized carbons (Fsp3) is 0.500. The third-order valence-corrected chi connectivity index (χ3v) is 2.35. The molecule has 1 atom stereocenters. The number of hydrogen-bond acceptors (Lipinski definition) is 4. The van der Waals surface area contributed by atoms with E-state index in [2.05, 4.69) is 5.32 Å². The van der Waals surface area contributed by atoms with E-state index in [0.29, 0.717) is 11.6 Å². The Balaban J connectivity index is 2.08. The number of dihydropyridines is 1. The lowest BCUT2D eigenvalue weighted by Gasteiger charge is -2.41. The van der Waals surface area contributed by atoms with Crippen molar-refractivity contribution in [3.8, 4) is 0 Å². The Morgan fingerprint density at radius 1 is 1.58 bits per heavy atom. The molecule has 1 saturated heterocycles. The molecule has 0 aromatic heterocycles. The molecule has 0 saturated carbocycles. The smallest absolute Gasteiger partial charge is 0.112 e. The molecule has 0 aromatic rings. The highest BCUT2D eigenvalue weighted by Gasteiger charge is 2.37. The molecular formula is C8H13N3O. The molecule has 5 N–H and O–H groups in total. The largest absolute Gasteiger partial charge is 0.398 e. The van der Waals surface area contributed by atoms with E-state index in [-0.39, 0.29) is 0 Å². The molecule has 66 valence electrons. The highest BCUT2D eigenvalue weighted by Crippen LogP contribution is 2.23. The number of ether oxygens (including phenoxy) is 1. The van der Waals surface area contributed by atoms with Gasteiger partial charge >= 0.3 is 0 Å². The van der Waals surface area contributed by atoms with Gasteiger partial charge in [0.05, 0.1) is 13.2 Å². The first kappa shape index (κ1) is 7.64. The van der Waals surface area contributed by atoms with Crippen LogP contribution in [-0.2, 0) is 4.74 Å². The lowest BCUT2D eigenvalue weighted by molar-refractivity contribution is -0.0636. The van der Waals surface area contributed by atoms with Crippen molar-refractivity contribution in [2.24, 2.45) is 17.4 Å². The van der Waals surface area contributed by atoms with Gasteiger partial charge in [0.1, 0.15) is 5.66 Å². The van der Waals surface area contributed by atoms with Gasteiger partial charge < -0.3 is 21.5 Å². The van der Waals surface area contributed by atoms with Gasteiger partial charge in [0, 0.05) is 17.8 Å². The van der Waals surface area contributed by atoms with Crippen LogP contribution in [0.25, 0.3) is 0 Å². The van der Waals surface area contributed by atoms with Crippen LogP contribution in [0.2, 0.25) is 0 Å². The van der Waals surface area contributed by atoms with Crippen molar-refractivity contribution >= 4 is 0 Å². The molecule has 0 spiro atoms. The lowest BCUT2D eigenvalue weighted by atomic mass is 9.90. The number of nitrogens with two attached hydrogens (primary N) is 2. The van der Waals surface area contributed by atoms with E-state index in [1.165, 1.54) is 0 Å². The minimum absolute atomic E-state index is 0.359. The predicted molar refractivity (Wildman–Crippen MR) is 45.8 cm³/mol. The average Bonchev–Trinajstić information content (AvgIpc) is 1.92. The summed E-state index contributed by atoms with van der Waals surface area (Å²) >= 11 is 0. The van der Waals surface area contributed by atoms with E-state index >= 15 is 0 Å². The first-order valence-corrected chi connectivity index (χ1v) is 4.00. The molecule has 0 amide bonds. The zero-order valence-electron chi connectivity index (χ0n) is 6.79. The molecular weight excluding hydrogens is 154 g/mol. The van der Waals surface area contributed by atoms with Crippen LogP contribution >= 0.6 is 0 Å². The second-order valence-corrected chi connectivity index (χ2v) is 3.29. The maximum atomic E-state index is 6.05. The second kappa shape index (κ2) is 2.50. The molecule has 2 rings (SSSR count). The van der Waals surface area contributed by atoms with E-state index < -0.39 is 5.66 Å². The van der Waals surface area contributed by atoms with Crippen LogP contribution in [0.15, 0.2) is 24.0 Å². The van der Waals surface area contributed by atoms with Gasteiger partial charge in [-0.05, 0) is 12.2 Å². The topological polar surface area (TPSA) is 73.3 Å². The summed E-state index contributed by atoms with van der Waals surface area (Å²) < 4.78 is 5.07. The van der Waals surface area contributed by atoms with Gasteiger partial charge in [-0.15, -0.1) is 0 Å². The summed E-state index contributed by atoms with van der Waals surface area (Å²) in [5.41, 5.74) is 11.8. The fourth-order valence-electron chi connectivity index (χ4n) is 1.30. The first-order chi connectivity index (χ1) is 5.71. The van der Waals surface area contributed by atoms with E-state index in [4.69, 9.17) is 16.2 Å². The Morgan fingerprint density at radius 3 is 2.75 bits per heavy atom. The van der Waals surface area contributed by atoms with Crippen LogP contribution in [0.3, 0.4) is 0 Å². The first-order valence-electron chi connectivity index (χ1n) is 4.00. The highest BCUT2D eigenvalue weighted by molar-refractivity contribution is 5.26. The number of hydrogen-bond donors (Lipinski definition) is 3. The molecule has 12 heavy (non-hydrogen) atoms. The van der Waals surface area contributed by atoms with Crippen LogP contribution in [-0.4, -0.2) is 18.9 Å². The van der Waals surface area contributed by atoms with E-state index in [1.54, 1.807) is 6.20 Å². The Kier molecular flexibility index (Phi) is 1.59. The van der Waals surface area contributed by atoms with Crippen molar-refractivity contribution in [2.45, 2.75) is 5.66 Å². The van der Waals surface area contributed by atoms with Crippen molar-refractivity contribution in [1.82, 2.24) is 5.32 Å². The minimum atomic E-state index is -0.457. The summed E-state index contributed by atoms with van der Waals surface area (Å²) in [6.45, 7) is 1.45. The van der Waals surface area contributed by atoms with E-state index in [1.807, 2.05) is 12.2 Å². The quantitative estimate of drug-likeness (QED) is 0.480. The molecule has 2 heterocycles. The summed E-state index contributed by atoms with van der Waals surface area (Å²) in [5, 5.41) is 3.07. The number of allylic oxidation sites excluding steroid dienone is 1. The van der Waals surface area contributed by atoms with Crippen LogP contribution in [0.4, 0.5) is 0 Å². The summed E-state index contributed by atoms with van der Waals surface area (Å²) in [6, 6.07) is 0. The van der Waals surface area contributed by atoms with Gasteiger partial charge in [-0.2, -0.15) is 0 Å². The van der Waals surface area contributed by atoms with Crippen molar-refractivity contribution in [2.75, 3.05) is 13.2 Å². The lowest BCUT2D eigenvalue weighted by Crippen LogP contribution is -2.62. The minimum Gasteiger partial charge on any atom is -0.398 e. The number of nitrogens with one attached hydrogen (secondary N) is 1. The molecule has 0 radical (unpaired) electrons. The van der Waals surface area contributed by atoms with Crippen LogP contribution in [0, 0.1) is 5.92 Å². The Bertz CT molecular complexity index is 245. The molecule has 1 fully saturated rings. The summed E-state index contributed by atoms with van der Waals surface area (Å²) in [7, 11) is 0. The van der Waals surface area contributed by atoms with Crippen LogP contribution in [0.1, 0.15) is 0 Å². The normalized spacial score (nSPS) is 35.2. The molecule has 1 unspecified atom stereocenters. The van der Waals surface area contributed by atoms with Crippen molar-refractivity contribution in [1.29, 1.82) is 0 Å². The highest BCUT2D eigenvalue weighted by atomic mass is 16.5. The standard InChI is InChI=1S/C8H13N3O/c9-7-1-2-8(10,11-3-7)6-4-12-5-6/h1-3,6,11H,4-5,9-10H2. The Morgan fingerprint density at radius 2 is 2.33 bits per heavy atom. The average molecular weight is 167 g/mol. The van der Waals surface area contributed by atoms with Gasteiger partial charge in [-0.3, -0.25) is 0 Å². The van der Waals surface area contributed by atoms with Gasteiger partial charge in [-0.1, -0.05) is 0 Å². The SMILES string of the molecule is NC1=CNC(N)(C2COC2)C=C1. The van der Waals surface area contributed by atoms with Crippen molar-refractivity contribution in [3.63, 3.8) is 0 Å². The maximum Gasteiger partial charge on any atom is 0.112 e. The van der Waals surface area contributed by atoms with Gasteiger partial charge in [0.2, 0.25) is 0 Å². The number of rotatable bonds is 1. The molecule has 2 aliphatic rings. The van der Waals surface area contributed by atoms with E-state index in [0.717, 1.165) is 13.2 Å². The third-order valence-electron chi connectivity index (χ3n) is 2.35. The molecule has 2 aliphatic heterocycles. The molecule has 0 aromatic carbocycles. The van der Waals surface area contributed by atoms with Crippen molar-refractivity contribution in [3.05, 3.63) is 24.0 Å². The molecule has 0 bridgehead atoms. The van der Waals surface area contributed by atoms with Gasteiger partial charge in [0.15, 0.2) is 0 Å². The zero-order valence-corrected chi connectivity index (χ0v) is 6.79. The summed E-state index contributed by atoms with van der Waals surface area (Å²) in [4.78, 5) is 0. The third kappa shape index (κ3) is 1.09. The molecule has 4 heteroatoms. The second-order valence-electron chi connectivity index (χ2n) is 3.29. The van der Waals surface area contributed by atoms with E-state index in [9.17, 15) is 0 Å². The molecule has 4 nitrogen and oxygen atoms in total. The van der Waals surface area contributed by atoms with Crippen LogP contribution < -0.4 is 16.8 Å². The van der Waals surface area contributed by atoms with Crippen molar-refractivity contribution < 1.29 is 4.74 Å².